The minimum Gasteiger partial charge on any atom is -0.486 e. The highest BCUT2D eigenvalue weighted by molar-refractivity contribution is 7.89. The summed E-state index contributed by atoms with van der Waals surface area (Å²) in [5.41, 5.74) is 1.28. The number of Topliss-reactive ketones (excluding diaryl/α,β-unsaturated/α-hetero) is 1. The summed E-state index contributed by atoms with van der Waals surface area (Å²) in [5, 5.41) is 0. The maximum Gasteiger partial charge on any atom is 0.241 e. The van der Waals surface area contributed by atoms with Gasteiger partial charge in [0.05, 0.1) is 4.90 Å². The monoisotopic (exact) mass is 389 g/mol. The van der Waals surface area contributed by atoms with Crippen molar-refractivity contribution in [1.82, 2.24) is 4.72 Å². The molecule has 6 nitrogen and oxygen atoms in total. The van der Waals surface area contributed by atoms with Crippen molar-refractivity contribution in [3.63, 3.8) is 0 Å². The number of hydrogen-bond acceptors (Lipinski definition) is 5. The lowest BCUT2D eigenvalue weighted by Gasteiger charge is -2.25. The minimum atomic E-state index is -3.75. The van der Waals surface area contributed by atoms with Gasteiger partial charge in [-0.25, -0.2) is 13.1 Å². The molecule has 7 heteroatoms. The Hall–Kier alpha value is -2.38. The zero-order valence-corrected chi connectivity index (χ0v) is 16.4. The first kappa shape index (κ1) is 19.4. The van der Waals surface area contributed by atoms with Gasteiger partial charge >= 0.3 is 0 Å². The van der Waals surface area contributed by atoms with Gasteiger partial charge in [-0.15, -0.1) is 0 Å². The Labute approximate surface area is 159 Å². The number of fused-ring (bicyclic) bond motifs is 1. The van der Waals surface area contributed by atoms with Crippen molar-refractivity contribution < 1.29 is 22.7 Å². The number of carbonyl (C=O) groups excluding carboxylic acids is 1. The highest BCUT2D eigenvalue weighted by Gasteiger charge is 2.25. The summed E-state index contributed by atoms with van der Waals surface area (Å²) in [7, 11) is -3.75. The van der Waals surface area contributed by atoms with Crippen molar-refractivity contribution in [2.45, 2.75) is 31.7 Å². The van der Waals surface area contributed by atoms with E-state index in [9.17, 15) is 13.2 Å². The van der Waals surface area contributed by atoms with Crippen LogP contribution < -0.4 is 14.2 Å². The molecule has 3 rings (SSSR count). The molecular weight excluding hydrogens is 366 g/mol. The molecular formula is C20H23NO5S. The first-order valence-corrected chi connectivity index (χ1v) is 10.3. The topological polar surface area (TPSA) is 81.7 Å². The van der Waals surface area contributed by atoms with Gasteiger partial charge in [0.2, 0.25) is 10.0 Å². The molecule has 1 aliphatic rings. The third-order valence-corrected chi connectivity index (χ3v) is 5.90. The Morgan fingerprint density at radius 1 is 1.00 bits per heavy atom. The standard InChI is InChI=1S/C20H23NO5S/c1-13(2)20(16-6-9-18-19(12-16)26-11-10-25-18)21-27(23,24)17-7-4-15(5-8-17)14(3)22/h4-9,12-13,20-21H,10-11H2,1-3H3/t20-/m1/s1. The van der Waals surface area contributed by atoms with Gasteiger partial charge in [-0.2, -0.15) is 0 Å². The molecule has 1 heterocycles. The molecule has 1 aliphatic heterocycles. The van der Waals surface area contributed by atoms with Crippen LogP contribution in [0.1, 0.15) is 42.7 Å². The van der Waals surface area contributed by atoms with Crippen LogP contribution in [-0.4, -0.2) is 27.4 Å². The molecule has 0 radical (unpaired) electrons. The van der Waals surface area contributed by atoms with Crippen LogP contribution in [0.2, 0.25) is 0 Å². The second-order valence-corrected chi connectivity index (χ2v) is 8.54. The summed E-state index contributed by atoms with van der Waals surface area (Å²) >= 11 is 0. The molecule has 0 spiro atoms. The van der Waals surface area contributed by atoms with Crippen LogP contribution in [0.15, 0.2) is 47.4 Å². The molecule has 0 aromatic heterocycles. The molecule has 144 valence electrons. The van der Waals surface area contributed by atoms with Gasteiger partial charge in [0.15, 0.2) is 17.3 Å². The molecule has 0 saturated carbocycles. The lowest BCUT2D eigenvalue weighted by Crippen LogP contribution is -2.32. The Kier molecular flexibility index (Phi) is 5.53. The van der Waals surface area contributed by atoms with Gasteiger partial charge in [0.1, 0.15) is 13.2 Å². The Morgan fingerprint density at radius 3 is 2.22 bits per heavy atom. The summed E-state index contributed by atoms with van der Waals surface area (Å²) in [6.45, 7) is 6.31. The molecule has 2 aromatic rings. The van der Waals surface area contributed by atoms with Crippen LogP contribution >= 0.6 is 0 Å². The Balaban J connectivity index is 1.88. The average molecular weight is 389 g/mol. The van der Waals surface area contributed by atoms with Crippen LogP contribution in [0.5, 0.6) is 11.5 Å². The van der Waals surface area contributed by atoms with Crippen molar-refractivity contribution in [2.24, 2.45) is 5.92 Å². The largest absolute Gasteiger partial charge is 0.486 e. The highest BCUT2D eigenvalue weighted by Crippen LogP contribution is 2.35. The van der Waals surface area contributed by atoms with Gasteiger partial charge in [-0.05, 0) is 42.7 Å². The first-order chi connectivity index (χ1) is 12.8. The molecule has 2 aromatic carbocycles. The molecule has 0 fully saturated rings. The van der Waals surface area contributed by atoms with Crippen molar-refractivity contribution in [3.05, 3.63) is 53.6 Å². The third kappa shape index (κ3) is 4.31. The van der Waals surface area contributed by atoms with Crippen LogP contribution in [0.4, 0.5) is 0 Å². The number of benzene rings is 2. The molecule has 0 saturated heterocycles. The fraction of sp³-hybridized carbons (Fsp3) is 0.350. The van der Waals surface area contributed by atoms with Gasteiger partial charge < -0.3 is 9.47 Å². The Bertz CT molecular complexity index is 935. The average Bonchev–Trinajstić information content (AvgIpc) is 2.65. The van der Waals surface area contributed by atoms with E-state index in [0.29, 0.717) is 30.3 Å². The number of ether oxygens (including phenoxy) is 2. The maximum atomic E-state index is 12.8. The van der Waals surface area contributed by atoms with E-state index in [1.165, 1.54) is 31.2 Å². The summed E-state index contributed by atoms with van der Waals surface area (Å²) in [5.74, 6) is 1.19. The fourth-order valence-electron chi connectivity index (χ4n) is 2.95. The predicted octanol–water partition coefficient (Wildman–Crippen LogP) is 3.34. The van der Waals surface area contributed by atoms with E-state index in [4.69, 9.17) is 9.47 Å². The van der Waals surface area contributed by atoms with Gasteiger partial charge in [0, 0.05) is 11.6 Å². The van der Waals surface area contributed by atoms with Crippen molar-refractivity contribution >= 4 is 15.8 Å². The lowest BCUT2D eigenvalue weighted by atomic mass is 9.97. The van der Waals surface area contributed by atoms with E-state index >= 15 is 0 Å². The molecule has 1 atom stereocenters. The second kappa shape index (κ2) is 7.70. The van der Waals surface area contributed by atoms with E-state index in [2.05, 4.69) is 4.72 Å². The molecule has 27 heavy (non-hydrogen) atoms. The molecule has 0 bridgehead atoms. The molecule has 1 N–H and O–H groups in total. The normalized spacial score (nSPS) is 14.8. The van der Waals surface area contributed by atoms with Crippen molar-refractivity contribution in [3.8, 4) is 11.5 Å². The number of ketones is 1. The molecule has 0 unspecified atom stereocenters. The number of rotatable bonds is 6. The third-order valence-electron chi connectivity index (χ3n) is 4.45. The smallest absolute Gasteiger partial charge is 0.241 e. The zero-order valence-electron chi connectivity index (χ0n) is 15.6. The molecule has 0 aliphatic carbocycles. The van der Waals surface area contributed by atoms with Gasteiger partial charge in [-0.1, -0.05) is 32.0 Å². The summed E-state index contributed by atoms with van der Waals surface area (Å²) in [4.78, 5) is 11.5. The highest BCUT2D eigenvalue weighted by atomic mass is 32.2. The maximum absolute atomic E-state index is 12.8. The van der Waals surface area contributed by atoms with E-state index in [0.717, 1.165) is 5.56 Å². The fourth-order valence-corrected chi connectivity index (χ4v) is 4.32. The summed E-state index contributed by atoms with van der Waals surface area (Å²) in [6.07, 6.45) is 0. The number of hydrogen-bond donors (Lipinski definition) is 1. The minimum absolute atomic E-state index is 0.0128. The lowest BCUT2D eigenvalue weighted by molar-refractivity contribution is 0.101. The first-order valence-electron chi connectivity index (χ1n) is 8.81. The second-order valence-electron chi connectivity index (χ2n) is 6.83. The molecule has 0 amide bonds. The van der Waals surface area contributed by atoms with E-state index in [1.807, 2.05) is 26.0 Å². The van der Waals surface area contributed by atoms with Gasteiger partial charge in [0.25, 0.3) is 0 Å². The zero-order chi connectivity index (χ0) is 19.6. The quantitative estimate of drug-likeness (QED) is 0.767. The van der Waals surface area contributed by atoms with Crippen molar-refractivity contribution in [1.29, 1.82) is 0 Å². The SMILES string of the molecule is CC(=O)c1ccc(S(=O)(=O)N[C@@H](c2ccc3c(c2)OCCO3)C(C)C)cc1. The van der Waals surface area contributed by atoms with Gasteiger partial charge in [-0.3, -0.25) is 4.79 Å². The van der Waals surface area contributed by atoms with Crippen LogP contribution in [0.3, 0.4) is 0 Å². The number of carbonyl (C=O) groups is 1. The van der Waals surface area contributed by atoms with Crippen molar-refractivity contribution in [2.75, 3.05) is 13.2 Å². The van der Waals surface area contributed by atoms with E-state index in [1.54, 1.807) is 6.07 Å². The number of sulfonamides is 1. The predicted molar refractivity (Wildman–Crippen MR) is 102 cm³/mol. The summed E-state index contributed by atoms with van der Waals surface area (Å²) < 4.78 is 39.6. The Morgan fingerprint density at radius 2 is 1.63 bits per heavy atom. The summed E-state index contributed by atoms with van der Waals surface area (Å²) in [6, 6.07) is 11.0. The number of nitrogens with one attached hydrogen (secondary N) is 1. The van der Waals surface area contributed by atoms with E-state index in [-0.39, 0.29) is 16.6 Å². The van der Waals surface area contributed by atoms with E-state index < -0.39 is 16.1 Å². The van der Waals surface area contributed by atoms with Crippen LogP contribution in [0.25, 0.3) is 0 Å². The van der Waals surface area contributed by atoms with Crippen LogP contribution in [-0.2, 0) is 10.0 Å². The van der Waals surface area contributed by atoms with Crippen LogP contribution in [0, 0.1) is 5.92 Å².